The number of hydrogen-bond donors (Lipinski definition) is 3. The summed E-state index contributed by atoms with van der Waals surface area (Å²) in [6, 6.07) is 9.29. The molecule has 2 heterocycles. The van der Waals surface area contributed by atoms with E-state index in [0.29, 0.717) is 16.9 Å². The quantitative estimate of drug-likeness (QED) is 0.640. The Labute approximate surface area is 130 Å². The SMILES string of the molecule is O=C(O)c1nc2c(CO)cccn2c1N=Nc1ccc(O)cc1. The van der Waals surface area contributed by atoms with Crippen molar-refractivity contribution in [3.63, 3.8) is 0 Å². The van der Waals surface area contributed by atoms with E-state index in [1.807, 2.05) is 0 Å². The fraction of sp³-hybridized carbons (Fsp3) is 0.0667. The van der Waals surface area contributed by atoms with Crippen LogP contribution in [0.15, 0.2) is 52.8 Å². The number of phenolic OH excluding ortho intramolecular Hbond substituents is 1. The third-order valence-corrected chi connectivity index (χ3v) is 3.19. The average molecular weight is 312 g/mol. The minimum absolute atomic E-state index is 0.0517. The van der Waals surface area contributed by atoms with Crippen LogP contribution in [0.4, 0.5) is 11.5 Å². The number of carboxylic acid groups (broad SMARTS) is 1. The molecule has 0 saturated heterocycles. The van der Waals surface area contributed by atoms with Gasteiger partial charge in [0.05, 0.1) is 12.3 Å². The molecular weight excluding hydrogens is 300 g/mol. The summed E-state index contributed by atoms with van der Waals surface area (Å²) >= 11 is 0. The van der Waals surface area contributed by atoms with Crippen LogP contribution in [-0.2, 0) is 6.61 Å². The number of hydrogen-bond acceptors (Lipinski definition) is 6. The lowest BCUT2D eigenvalue weighted by atomic mass is 10.3. The van der Waals surface area contributed by atoms with E-state index in [-0.39, 0.29) is 23.9 Å². The van der Waals surface area contributed by atoms with E-state index in [9.17, 15) is 20.1 Å². The second-order valence-corrected chi connectivity index (χ2v) is 4.69. The highest BCUT2D eigenvalue weighted by Gasteiger charge is 2.19. The van der Waals surface area contributed by atoms with E-state index in [1.54, 1.807) is 30.5 Å². The maximum absolute atomic E-state index is 11.4. The second kappa shape index (κ2) is 5.85. The number of aliphatic hydroxyl groups excluding tert-OH is 1. The smallest absolute Gasteiger partial charge is 0.358 e. The number of benzene rings is 1. The Morgan fingerprint density at radius 2 is 1.91 bits per heavy atom. The summed E-state index contributed by atoms with van der Waals surface area (Å²) in [5.74, 6) is -1.09. The van der Waals surface area contributed by atoms with Crippen LogP contribution < -0.4 is 0 Å². The lowest BCUT2D eigenvalue weighted by molar-refractivity contribution is 0.0692. The van der Waals surface area contributed by atoms with E-state index >= 15 is 0 Å². The number of carbonyl (C=O) groups is 1. The molecule has 0 aliphatic rings. The predicted octanol–water partition coefficient (Wildman–Crippen LogP) is 2.65. The van der Waals surface area contributed by atoms with E-state index in [0.717, 1.165) is 0 Å². The summed E-state index contributed by atoms with van der Waals surface area (Å²) in [7, 11) is 0. The van der Waals surface area contributed by atoms with Gasteiger partial charge in [-0.2, -0.15) is 0 Å². The molecule has 2 aromatic heterocycles. The Balaban J connectivity index is 2.13. The van der Waals surface area contributed by atoms with Crippen LogP contribution in [0.1, 0.15) is 16.1 Å². The number of imidazole rings is 1. The number of pyridine rings is 1. The topological polar surface area (TPSA) is 120 Å². The first-order valence-corrected chi connectivity index (χ1v) is 6.65. The van der Waals surface area contributed by atoms with Gasteiger partial charge in [-0.25, -0.2) is 9.78 Å². The van der Waals surface area contributed by atoms with Gasteiger partial charge in [0, 0.05) is 11.8 Å². The van der Waals surface area contributed by atoms with E-state index in [4.69, 9.17) is 0 Å². The number of azo groups is 1. The summed E-state index contributed by atoms with van der Waals surface area (Å²) in [5, 5.41) is 35.8. The highest BCUT2D eigenvalue weighted by Crippen LogP contribution is 2.26. The number of aromatic carboxylic acids is 1. The number of nitrogens with zero attached hydrogens (tertiary/aromatic N) is 4. The third kappa shape index (κ3) is 2.74. The predicted molar refractivity (Wildman–Crippen MR) is 80.4 cm³/mol. The van der Waals surface area contributed by atoms with Crippen LogP contribution in [0.5, 0.6) is 5.75 Å². The summed E-state index contributed by atoms with van der Waals surface area (Å²) < 4.78 is 1.46. The summed E-state index contributed by atoms with van der Waals surface area (Å²) in [6.07, 6.45) is 1.60. The molecule has 0 fully saturated rings. The van der Waals surface area contributed by atoms with Crippen molar-refractivity contribution >= 4 is 23.1 Å². The molecular formula is C15H12N4O4. The zero-order chi connectivity index (χ0) is 16.4. The van der Waals surface area contributed by atoms with Gasteiger partial charge in [0.25, 0.3) is 0 Å². The first-order chi connectivity index (χ1) is 11.1. The van der Waals surface area contributed by atoms with Gasteiger partial charge in [0.15, 0.2) is 11.5 Å². The van der Waals surface area contributed by atoms with Crippen LogP contribution in [0.2, 0.25) is 0 Å². The fourth-order valence-electron chi connectivity index (χ4n) is 2.10. The number of aromatic nitrogens is 2. The van der Waals surface area contributed by atoms with Crippen LogP contribution in [0.3, 0.4) is 0 Å². The van der Waals surface area contributed by atoms with Crippen LogP contribution in [-0.4, -0.2) is 30.7 Å². The first-order valence-electron chi connectivity index (χ1n) is 6.65. The van der Waals surface area contributed by atoms with Crippen molar-refractivity contribution in [1.29, 1.82) is 0 Å². The minimum Gasteiger partial charge on any atom is -0.508 e. The Hall–Kier alpha value is -3.26. The van der Waals surface area contributed by atoms with E-state index in [2.05, 4.69) is 15.2 Å². The molecule has 116 valence electrons. The maximum atomic E-state index is 11.4. The third-order valence-electron chi connectivity index (χ3n) is 3.19. The van der Waals surface area contributed by atoms with Crippen LogP contribution in [0.25, 0.3) is 5.65 Å². The number of phenols is 1. The molecule has 0 amide bonds. The number of aliphatic hydroxyl groups is 1. The number of fused-ring (bicyclic) bond motifs is 1. The summed E-state index contributed by atoms with van der Waals surface area (Å²) in [5.41, 5.74) is 0.994. The molecule has 3 rings (SSSR count). The Morgan fingerprint density at radius 1 is 1.17 bits per heavy atom. The largest absolute Gasteiger partial charge is 0.508 e. The Bertz CT molecular complexity index is 900. The molecule has 0 aliphatic heterocycles. The molecule has 0 aliphatic carbocycles. The standard InChI is InChI=1S/C15H12N4O4/c20-8-9-2-1-7-19-13(9)16-12(15(22)23)14(19)18-17-10-3-5-11(21)6-4-10/h1-7,20-21H,8H2,(H,22,23). The molecule has 0 spiro atoms. The molecule has 8 heteroatoms. The van der Waals surface area contributed by atoms with Gasteiger partial charge in [-0.05, 0) is 30.3 Å². The molecule has 0 unspecified atom stereocenters. The molecule has 0 atom stereocenters. The maximum Gasteiger partial charge on any atom is 0.358 e. The molecule has 3 N–H and O–H groups in total. The van der Waals surface area contributed by atoms with Crippen molar-refractivity contribution < 1.29 is 20.1 Å². The molecule has 0 saturated carbocycles. The van der Waals surface area contributed by atoms with Gasteiger partial charge in [-0.15, -0.1) is 10.2 Å². The van der Waals surface area contributed by atoms with E-state index < -0.39 is 5.97 Å². The molecule has 0 radical (unpaired) electrons. The number of rotatable bonds is 4. The van der Waals surface area contributed by atoms with Gasteiger partial charge < -0.3 is 15.3 Å². The van der Waals surface area contributed by atoms with Crippen molar-refractivity contribution in [3.8, 4) is 5.75 Å². The molecule has 0 bridgehead atoms. The zero-order valence-corrected chi connectivity index (χ0v) is 11.8. The van der Waals surface area contributed by atoms with Crippen molar-refractivity contribution in [2.24, 2.45) is 10.2 Å². The Kier molecular flexibility index (Phi) is 3.73. The van der Waals surface area contributed by atoms with Gasteiger partial charge in [-0.1, -0.05) is 6.07 Å². The highest BCUT2D eigenvalue weighted by molar-refractivity contribution is 5.92. The normalized spacial score (nSPS) is 11.3. The fourth-order valence-corrected chi connectivity index (χ4v) is 2.10. The first kappa shape index (κ1) is 14.7. The van der Waals surface area contributed by atoms with Crippen molar-refractivity contribution in [2.75, 3.05) is 0 Å². The second-order valence-electron chi connectivity index (χ2n) is 4.69. The van der Waals surface area contributed by atoms with Crippen molar-refractivity contribution in [3.05, 3.63) is 53.9 Å². The van der Waals surface area contributed by atoms with Crippen molar-refractivity contribution in [1.82, 2.24) is 9.38 Å². The lowest BCUT2D eigenvalue weighted by Crippen LogP contribution is -1.96. The monoisotopic (exact) mass is 312 g/mol. The lowest BCUT2D eigenvalue weighted by Gasteiger charge is -2.00. The van der Waals surface area contributed by atoms with Crippen molar-refractivity contribution in [2.45, 2.75) is 6.61 Å². The van der Waals surface area contributed by atoms with E-state index in [1.165, 1.54) is 16.5 Å². The summed E-state index contributed by atoms with van der Waals surface area (Å²) in [4.78, 5) is 15.4. The molecule has 8 nitrogen and oxygen atoms in total. The minimum atomic E-state index is -1.24. The number of aromatic hydroxyl groups is 1. The van der Waals surface area contributed by atoms with Gasteiger partial charge in [0.2, 0.25) is 0 Å². The van der Waals surface area contributed by atoms with Gasteiger partial charge >= 0.3 is 5.97 Å². The van der Waals surface area contributed by atoms with Crippen LogP contribution in [0, 0.1) is 0 Å². The summed E-state index contributed by atoms with van der Waals surface area (Å²) in [6.45, 7) is -0.269. The average Bonchev–Trinajstić information content (AvgIpc) is 2.93. The highest BCUT2D eigenvalue weighted by atomic mass is 16.4. The van der Waals surface area contributed by atoms with Gasteiger partial charge in [-0.3, -0.25) is 4.40 Å². The Morgan fingerprint density at radius 3 is 2.57 bits per heavy atom. The number of carboxylic acids is 1. The molecule has 1 aromatic carbocycles. The molecule has 3 aromatic rings. The van der Waals surface area contributed by atoms with Gasteiger partial charge in [0.1, 0.15) is 11.4 Å². The zero-order valence-electron chi connectivity index (χ0n) is 11.8. The molecule has 23 heavy (non-hydrogen) atoms. The van der Waals surface area contributed by atoms with Crippen LogP contribution >= 0.6 is 0 Å².